The van der Waals surface area contributed by atoms with E-state index in [1.807, 2.05) is 36.4 Å². The van der Waals surface area contributed by atoms with Gasteiger partial charge in [0.1, 0.15) is 11.6 Å². The molecule has 0 radical (unpaired) electrons. The minimum atomic E-state index is -0.404. The number of methoxy groups -OCH3 is 1. The zero-order chi connectivity index (χ0) is 13.0. The predicted octanol–water partition coefficient (Wildman–Crippen LogP) is 4.66. The first kappa shape index (κ1) is 12.7. The van der Waals surface area contributed by atoms with Gasteiger partial charge in [-0.15, -0.1) is 0 Å². The van der Waals surface area contributed by atoms with E-state index in [9.17, 15) is 4.39 Å². The van der Waals surface area contributed by atoms with Crippen molar-refractivity contribution in [3.8, 4) is 5.75 Å². The second-order valence-electron chi connectivity index (χ2n) is 3.78. The van der Waals surface area contributed by atoms with Crippen LogP contribution >= 0.6 is 11.6 Å². The Balaban J connectivity index is 2.16. The number of rotatable bonds is 3. The Kier molecular flexibility index (Phi) is 4.00. The minimum absolute atomic E-state index is 0.131. The molecule has 0 saturated carbocycles. The van der Waals surface area contributed by atoms with E-state index in [4.69, 9.17) is 16.3 Å². The molecular weight excluding hydrogens is 251 g/mol. The lowest BCUT2D eigenvalue weighted by atomic mass is 10.1. The standard InChI is InChI=1S/C15H12ClFO/c1-18-13-7-4-11(5-8-13)2-3-12-6-9-15(17)14(16)10-12/h2-10H,1H3. The lowest BCUT2D eigenvalue weighted by Gasteiger charge is -1.99. The number of halogens is 2. The van der Waals surface area contributed by atoms with Gasteiger partial charge in [-0.3, -0.25) is 0 Å². The molecule has 0 aromatic heterocycles. The van der Waals surface area contributed by atoms with Crippen molar-refractivity contribution in [1.82, 2.24) is 0 Å². The third kappa shape index (κ3) is 3.11. The van der Waals surface area contributed by atoms with Crippen molar-refractivity contribution in [2.75, 3.05) is 7.11 Å². The number of ether oxygens (including phenoxy) is 1. The Bertz CT molecular complexity index is 561. The summed E-state index contributed by atoms with van der Waals surface area (Å²) in [5.74, 6) is 0.412. The fraction of sp³-hybridized carbons (Fsp3) is 0.0667. The molecule has 0 bridgehead atoms. The summed E-state index contributed by atoms with van der Waals surface area (Å²) in [5.41, 5.74) is 1.90. The molecule has 0 atom stereocenters. The van der Waals surface area contributed by atoms with Crippen LogP contribution in [0.4, 0.5) is 4.39 Å². The zero-order valence-electron chi connectivity index (χ0n) is 9.86. The summed E-state index contributed by atoms with van der Waals surface area (Å²) < 4.78 is 18.1. The SMILES string of the molecule is COc1ccc(C=Cc2ccc(F)c(Cl)c2)cc1. The van der Waals surface area contributed by atoms with Gasteiger partial charge in [-0.25, -0.2) is 4.39 Å². The van der Waals surface area contributed by atoms with Crippen LogP contribution < -0.4 is 4.74 Å². The van der Waals surface area contributed by atoms with E-state index in [1.54, 1.807) is 19.2 Å². The van der Waals surface area contributed by atoms with Gasteiger partial charge in [-0.05, 0) is 35.4 Å². The van der Waals surface area contributed by atoms with Crippen molar-refractivity contribution in [2.45, 2.75) is 0 Å². The van der Waals surface area contributed by atoms with Crippen molar-refractivity contribution < 1.29 is 9.13 Å². The zero-order valence-corrected chi connectivity index (χ0v) is 10.6. The van der Waals surface area contributed by atoms with E-state index in [2.05, 4.69) is 0 Å². The van der Waals surface area contributed by atoms with E-state index in [-0.39, 0.29) is 5.02 Å². The molecule has 0 saturated heterocycles. The second-order valence-corrected chi connectivity index (χ2v) is 4.19. The van der Waals surface area contributed by atoms with Crippen molar-refractivity contribution in [3.05, 3.63) is 64.4 Å². The average Bonchev–Trinajstić information content (AvgIpc) is 2.41. The highest BCUT2D eigenvalue weighted by molar-refractivity contribution is 6.30. The second kappa shape index (κ2) is 5.69. The fourth-order valence-electron chi connectivity index (χ4n) is 1.52. The Morgan fingerprint density at radius 3 is 2.22 bits per heavy atom. The maximum Gasteiger partial charge on any atom is 0.141 e. The Hall–Kier alpha value is -1.80. The molecule has 0 heterocycles. The highest BCUT2D eigenvalue weighted by Crippen LogP contribution is 2.18. The summed E-state index contributed by atoms with van der Waals surface area (Å²) in [7, 11) is 1.63. The van der Waals surface area contributed by atoms with Crippen LogP contribution in [0.2, 0.25) is 5.02 Å². The van der Waals surface area contributed by atoms with Crippen LogP contribution in [0.5, 0.6) is 5.75 Å². The first-order valence-corrected chi connectivity index (χ1v) is 5.84. The molecular formula is C15H12ClFO. The van der Waals surface area contributed by atoms with Gasteiger partial charge >= 0.3 is 0 Å². The van der Waals surface area contributed by atoms with Crippen molar-refractivity contribution >= 4 is 23.8 Å². The molecule has 0 aliphatic heterocycles. The molecule has 2 aromatic carbocycles. The smallest absolute Gasteiger partial charge is 0.141 e. The maximum atomic E-state index is 13.0. The molecule has 18 heavy (non-hydrogen) atoms. The third-order valence-corrected chi connectivity index (χ3v) is 2.82. The maximum absolute atomic E-state index is 13.0. The van der Waals surface area contributed by atoms with Gasteiger partial charge in [0.2, 0.25) is 0 Å². The molecule has 0 aliphatic rings. The van der Waals surface area contributed by atoms with Crippen LogP contribution in [0.15, 0.2) is 42.5 Å². The van der Waals surface area contributed by atoms with Gasteiger partial charge in [-0.1, -0.05) is 42.0 Å². The van der Waals surface area contributed by atoms with Crippen molar-refractivity contribution in [1.29, 1.82) is 0 Å². The third-order valence-electron chi connectivity index (χ3n) is 2.53. The van der Waals surface area contributed by atoms with Gasteiger partial charge in [0.15, 0.2) is 0 Å². The van der Waals surface area contributed by atoms with Crippen LogP contribution in [-0.2, 0) is 0 Å². The highest BCUT2D eigenvalue weighted by Gasteiger charge is 1.98. The Labute approximate surface area is 110 Å². The number of hydrogen-bond acceptors (Lipinski definition) is 1. The van der Waals surface area contributed by atoms with Gasteiger partial charge in [0, 0.05) is 0 Å². The molecule has 0 unspecified atom stereocenters. The van der Waals surface area contributed by atoms with E-state index in [0.717, 1.165) is 16.9 Å². The van der Waals surface area contributed by atoms with E-state index in [1.165, 1.54) is 6.07 Å². The molecule has 0 spiro atoms. The molecule has 92 valence electrons. The molecule has 3 heteroatoms. The van der Waals surface area contributed by atoms with Gasteiger partial charge in [-0.2, -0.15) is 0 Å². The lowest BCUT2D eigenvalue weighted by Crippen LogP contribution is -1.81. The summed E-state index contributed by atoms with van der Waals surface area (Å²) in [5, 5.41) is 0.131. The van der Waals surface area contributed by atoms with Crippen LogP contribution in [-0.4, -0.2) is 7.11 Å². The van der Waals surface area contributed by atoms with Gasteiger partial charge in [0.05, 0.1) is 12.1 Å². The first-order chi connectivity index (χ1) is 8.69. The summed E-state index contributed by atoms with van der Waals surface area (Å²) >= 11 is 5.71. The summed E-state index contributed by atoms with van der Waals surface area (Å²) in [4.78, 5) is 0. The van der Waals surface area contributed by atoms with Crippen LogP contribution in [0.3, 0.4) is 0 Å². The Morgan fingerprint density at radius 2 is 1.61 bits per heavy atom. The first-order valence-electron chi connectivity index (χ1n) is 5.46. The summed E-state index contributed by atoms with van der Waals surface area (Å²) in [6.45, 7) is 0. The summed E-state index contributed by atoms with van der Waals surface area (Å²) in [6, 6.07) is 12.3. The molecule has 0 amide bonds. The molecule has 2 aromatic rings. The largest absolute Gasteiger partial charge is 0.497 e. The van der Waals surface area contributed by atoms with Crippen LogP contribution in [0, 0.1) is 5.82 Å². The van der Waals surface area contributed by atoms with Crippen molar-refractivity contribution in [3.63, 3.8) is 0 Å². The number of benzene rings is 2. The van der Waals surface area contributed by atoms with E-state index < -0.39 is 5.82 Å². The lowest BCUT2D eigenvalue weighted by molar-refractivity contribution is 0.415. The van der Waals surface area contributed by atoms with Crippen LogP contribution in [0.1, 0.15) is 11.1 Å². The molecule has 1 nitrogen and oxygen atoms in total. The molecule has 0 fully saturated rings. The Morgan fingerprint density at radius 1 is 1.00 bits per heavy atom. The van der Waals surface area contributed by atoms with E-state index in [0.29, 0.717) is 0 Å². The average molecular weight is 263 g/mol. The molecule has 2 rings (SSSR count). The minimum Gasteiger partial charge on any atom is -0.497 e. The predicted molar refractivity (Wildman–Crippen MR) is 73.3 cm³/mol. The normalized spacial score (nSPS) is 10.8. The van der Waals surface area contributed by atoms with Gasteiger partial charge < -0.3 is 4.74 Å². The summed E-state index contributed by atoms with van der Waals surface area (Å²) in [6.07, 6.45) is 3.82. The topological polar surface area (TPSA) is 9.23 Å². The van der Waals surface area contributed by atoms with Crippen LogP contribution in [0.25, 0.3) is 12.2 Å². The van der Waals surface area contributed by atoms with Crippen molar-refractivity contribution in [2.24, 2.45) is 0 Å². The quantitative estimate of drug-likeness (QED) is 0.731. The van der Waals surface area contributed by atoms with Gasteiger partial charge in [0.25, 0.3) is 0 Å². The molecule has 0 N–H and O–H groups in total. The molecule has 0 aliphatic carbocycles. The highest BCUT2D eigenvalue weighted by atomic mass is 35.5. The van der Waals surface area contributed by atoms with E-state index >= 15 is 0 Å². The monoisotopic (exact) mass is 262 g/mol. The fourth-order valence-corrected chi connectivity index (χ4v) is 1.71. The number of hydrogen-bond donors (Lipinski definition) is 0.